The molecule has 1 aliphatic heterocycles. The number of thiophene rings is 1. The number of benzene rings is 1. The Morgan fingerprint density at radius 3 is 2.63 bits per heavy atom. The first kappa shape index (κ1) is 19.1. The Balaban J connectivity index is 1.55. The van der Waals surface area contributed by atoms with Gasteiger partial charge < -0.3 is 15.0 Å². The standard InChI is InChI=1S/C20H22N2O4S/c1-13-9-14(2)11-15(10-13)21-18(23)12-26-20(25)16-5-3-7-22(16)19(24)17-6-4-8-27-17/h4,6,8-11,16H,3,5,7,12H2,1-2H3,(H,21,23)/t16-/m0/s1. The molecule has 7 heteroatoms. The molecule has 0 unspecified atom stereocenters. The van der Waals surface area contributed by atoms with Crippen LogP contribution in [0.5, 0.6) is 0 Å². The summed E-state index contributed by atoms with van der Waals surface area (Å²) in [4.78, 5) is 39.1. The average Bonchev–Trinajstić information content (AvgIpc) is 3.29. The number of rotatable bonds is 5. The zero-order chi connectivity index (χ0) is 19.4. The Hall–Kier alpha value is -2.67. The number of esters is 1. The van der Waals surface area contributed by atoms with E-state index in [1.807, 2.05) is 37.4 Å². The van der Waals surface area contributed by atoms with Gasteiger partial charge in [-0.05, 0) is 61.4 Å². The van der Waals surface area contributed by atoms with E-state index >= 15 is 0 Å². The molecule has 0 aliphatic carbocycles. The highest BCUT2D eigenvalue weighted by Gasteiger charge is 2.36. The van der Waals surface area contributed by atoms with E-state index in [0.29, 0.717) is 23.5 Å². The van der Waals surface area contributed by atoms with Crippen LogP contribution >= 0.6 is 11.3 Å². The molecule has 1 N–H and O–H groups in total. The zero-order valence-electron chi connectivity index (χ0n) is 15.4. The second-order valence-electron chi connectivity index (χ2n) is 6.67. The summed E-state index contributed by atoms with van der Waals surface area (Å²) in [5, 5.41) is 4.56. The van der Waals surface area contributed by atoms with Crippen molar-refractivity contribution < 1.29 is 19.1 Å². The van der Waals surface area contributed by atoms with Gasteiger partial charge in [0.1, 0.15) is 6.04 Å². The van der Waals surface area contributed by atoms with Crippen molar-refractivity contribution in [2.75, 3.05) is 18.5 Å². The summed E-state index contributed by atoms with van der Waals surface area (Å²) in [6.45, 7) is 4.04. The average molecular weight is 386 g/mol. The van der Waals surface area contributed by atoms with Crippen LogP contribution in [0.1, 0.15) is 33.6 Å². The van der Waals surface area contributed by atoms with Gasteiger partial charge in [0.05, 0.1) is 4.88 Å². The molecule has 2 aromatic rings. The van der Waals surface area contributed by atoms with Crippen LogP contribution in [0.25, 0.3) is 0 Å². The van der Waals surface area contributed by atoms with Gasteiger partial charge in [0, 0.05) is 12.2 Å². The highest BCUT2D eigenvalue weighted by molar-refractivity contribution is 7.12. The van der Waals surface area contributed by atoms with Crippen LogP contribution in [0.4, 0.5) is 5.69 Å². The zero-order valence-corrected chi connectivity index (χ0v) is 16.2. The molecule has 0 spiro atoms. The lowest BCUT2D eigenvalue weighted by Crippen LogP contribution is -2.41. The molecule has 1 aromatic carbocycles. The fourth-order valence-electron chi connectivity index (χ4n) is 3.27. The second-order valence-corrected chi connectivity index (χ2v) is 7.61. The lowest BCUT2D eigenvalue weighted by atomic mass is 10.1. The van der Waals surface area contributed by atoms with E-state index in [1.165, 1.54) is 16.2 Å². The third-order valence-corrected chi connectivity index (χ3v) is 5.23. The monoisotopic (exact) mass is 386 g/mol. The molecule has 0 radical (unpaired) electrons. The summed E-state index contributed by atoms with van der Waals surface area (Å²) < 4.78 is 5.18. The van der Waals surface area contributed by atoms with Crippen LogP contribution in [0.15, 0.2) is 35.7 Å². The molecule has 1 fully saturated rings. The fourth-order valence-corrected chi connectivity index (χ4v) is 3.95. The molecule has 1 aliphatic rings. The number of hydrogen-bond donors (Lipinski definition) is 1. The number of aryl methyl sites for hydroxylation is 2. The Bertz CT molecular complexity index is 827. The van der Waals surface area contributed by atoms with Gasteiger partial charge in [-0.25, -0.2) is 4.79 Å². The third kappa shape index (κ3) is 4.74. The normalized spacial score (nSPS) is 16.2. The number of ether oxygens (including phenoxy) is 1. The third-order valence-electron chi connectivity index (χ3n) is 4.37. The minimum Gasteiger partial charge on any atom is -0.454 e. The van der Waals surface area contributed by atoms with E-state index in [9.17, 15) is 14.4 Å². The molecule has 1 atom stereocenters. The van der Waals surface area contributed by atoms with E-state index in [-0.39, 0.29) is 12.5 Å². The van der Waals surface area contributed by atoms with Crippen molar-refractivity contribution in [2.45, 2.75) is 32.7 Å². The highest BCUT2D eigenvalue weighted by atomic mass is 32.1. The predicted molar refractivity (Wildman–Crippen MR) is 104 cm³/mol. The Labute approximate surface area is 162 Å². The minimum absolute atomic E-state index is 0.163. The summed E-state index contributed by atoms with van der Waals surface area (Å²) in [6, 6.07) is 8.63. The number of nitrogens with zero attached hydrogens (tertiary/aromatic N) is 1. The first-order valence-electron chi connectivity index (χ1n) is 8.83. The fraction of sp³-hybridized carbons (Fsp3) is 0.350. The summed E-state index contributed by atoms with van der Waals surface area (Å²) in [7, 11) is 0. The van der Waals surface area contributed by atoms with Crippen LogP contribution in [0.3, 0.4) is 0 Å². The molecule has 1 aromatic heterocycles. The van der Waals surface area contributed by atoms with Crippen molar-refractivity contribution in [2.24, 2.45) is 0 Å². The van der Waals surface area contributed by atoms with Gasteiger partial charge in [-0.1, -0.05) is 12.1 Å². The number of hydrogen-bond acceptors (Lipinski definition) is 5. The van der Waals surface area contributed by atoms with E-state index in [1.54, 1.807) is 12.1 Å². The number of amides is 2. The van der Waals surface area contributed by atoms with Gasteiger partial charge in [0.15, 0.2) is 6.61 Å². The van der Waals surface area contributed by atoms with Gasteiger partial charge >= 0.3 is 5.97 Å². The van der Waals surface area contributed by atoms with Gasteiger partial charge in [-0.3, -0.25) is 9.59 Å². The van der Waals surface area contributed by atoms with Crippen LogP contribution in [0, 0.1) is 13.8 Å². The number of carbonyl (C=O) groups is 3. The number of anilines is 1. The Kier molecular flexibility index (Phi) is 5.91. The summed E-state index contributed by atoms with van der Waals surface area (Å²) in [6.07, 6.45) is 1.29. The van der Waals surface area contributed by atoms with Gasteiger partial charge in [0.2, 0.25) is 0 Å². The van der Waals surface area contributed by atoms with Gasteiger partial charge in [-0.2, -0.15) is 0 Å². The van der Waals surface area contributed by atoms with Crippen LogP contribution < -0.4 is 5.32 Å². The SMILES string of the molecule is Cc1cc(C)cc(NC(=O)COC(=O)[C@@H]2CCCN2C(=O)c2cccs2)c1. The molecule has 1 saturated heterocycles. The molecule has 3 rings (SSSR count). The van der Waals surface area contributed by atoms with E-state index < -0.39 is 17.9 Å². The minimum atomic E-state index is -0.631. The van der Waals surface area contributed by atoms with Crippen LogP contribution in [-0.2, 0) is 14.3 Å². The Morgan fingerprint density at radius 2 is 1.96 bits per heavy atom. The summed E-state index contributed by atoms with van der Waals surface area (Å²) >= 11 is 1.35. The van der Waals surface area contributed by atoms with Crippen molar-refractivity contribution >= 4 is 34.8 Å². The first-order valence-corrected chi connectivity index (χ1v) is 9.71. The molecule has 27 heavy (non-hydrogen) atoms. The van der Waals surface area contributed by atoms with Crippen molar-refractivity contribution in [3.05, 3.63) is 51.7 Å². The summed E-state index contributed by atoms with van der Waals surface area (Å²) in [5.41, 5.74) is 2.75. The maximum Gasteiger partial charge on any atom is 0.329 e. The first-order chi connectivity index (χ1) is 12.9. The second kappa shape index (κ2) is 8.35. The van der Waals surface area contributed by atoms with Gasteiger partial charge in [0.25, 0.3) is 11.8 Å². The van der Waals surface area contributed by atoms with E-state index in [0.717, 1.165) is 17.5 Å². The molecule has 142 valence electrons. The predicted octanol–water partition coefficient (Wildman–Crippen LogP) is 3.15. The smallest absolute Gasteiger partial charge is 0.329 e. The van der Waals surface area contributed by atoms with Crippen molar-refractivity contribution in [1.29, 1.82) is 0 Å². The maximum absolute atomic E-state index is 12.5. The van der Waals surface area contributed by atoms with Crippen LogP contribution in [-0.4, -0.2) is 41.9 Å². The van der Waals surface area contributed by atoms with Crippen molar-refractivity contribution in [3.8, 4) is 0 Å². The summed E-state index contributed by atoms with van der Waals surface area (Å²) in [5.74, 6) is -1.10. The maximum atomic E-state index is 12.5. The molecule has 0 saturated carbocycles. The molecule has 6 nitrogen and oxygen atoms in total. The molecular formula is C20H22N2O4S. The van der Waals surface area contributed by atoms with Crippen molar-refractivity contribution in [3.63, 3.8) is 0 Å². The topological polar surface area (TPSA) is 75.7 Å². The quantitative estimate of drug-likeness (QED) is 0.801. The van der Waals surface area contributed by atoms with Crippen molar-refractivity contribution in [1.82, 2.24) is 4.90 Å². The number of likely N-dealkylation sites (tertiary alicyclic amines) is 1. The van der Waals surface area contributed by atoms with Gasteiger partial charge in [-0.15, -0.1) is 11.3 Å². The highest BCUT2D eigenvalue weighted by Crippen LogP contribution is 2.23. The number of nitrogens with one attached hydrogen (secondary N) is 1. The van der Waals surface area contributed by atoms with E-state index in [2.05, 4.69) is 5.32 Å². The largest absolute Gasteiger partial charge is 0.454 e. The lowest BCUT2D eigenvalue weighted by Gasteiger charge is -2.22. The lowest BCUT2D eigenvalue weighted by molar-refractivity contribution is -0.151. The van der Waals surface area contributed by atoms with E-state index in [4.69, 9.17) is 4.74 Å². The molecule has 2 amide bonds. The molecule has 2 heterocycles. The molecular weight excluding hydrogens is 364 g/mol. The Morgan fingerprint density at radius 1 is 1.22 bits per heavy atom. The van der Waals surface area contributed by atoms with Crippen LogP contribution in [0.2, 0.25) is 0 Å². The number of carbonyl (C=O) groups excluding carboxylic acids is 3. The molecule has 0 bridgehead atoms.